The maximum Gasteiger partial charge on any atom is 0.255 e. The molecule has 6 rings (SSSR count). The van der Waals surface area contributed by atoms with Gasteiger partial charge >= 0.3 is 0 Å². The van der Waals surface area contributed by atoms with Gasteiger partial charge < -0.3 is 19.4 Å². The van der Waals surface area contributed by atoms with Crippen LogP contribution in [0.5, 0.6) is 5.75 Å². The van der Waals surface area contributed by atoms with E-state index in [4.69, 9.17) is 16.3 Å². The standard InChI is InChI=1S/C34H38ClN3O3/c1-41-28-13-11-25(12-14-28)21-37-20-17-34(33(37)40)15-18-36(19-16-34)22-27-23-38(24-30(27)26-7-3-2-4-8-26)32(39)29-9-5-6-10-31(29)35/h2-14,27,30H,15-24H2,1H3/t27-,30?/m0/s1. The van der Waals surface area contributed by atoms with E-state index in [1.54, 1.807) is 13.2 Å². The summed E-state index contributed by atoms with van der Waals surface area (Å²) in [6.07, 6.45) is 2.73. The Morgan fingerprint density at radius 3 is 2.29 bits per heavy atom. The number of nitrogens with zero attached hydrogens (tertiary/aromatic N) is 3. The predicted molar refractivity (Wildman–Crippen MR) is 161 cm³/mol. The fourth-order valence-corrected chi connectivity index (χ4v) is 7.28. The largest absolute Gasteiger partial charge is 0.497 e. The lowest BCUT2D eigenvalue weighted by Crippen LogP contribution is -2.46. The molecular weight excluding hydrogens is 534 g/mol. The zero-order chi connectivity index (χ0) is 28.4. The van der Waals surface area contributed by atoms with E-state index in [2.05, 4.69) is 29.2 Å². The van der Waals surface area contributed by atoms with Crippen molar-refractivity contribution < 1.29 is 14.3 Å². The summed E-state index contributed by atoms with van der Waals surface area (Å²) in [7, 11) is 1.67. The molecule has 214 valence electrons. The molecule has 3 aromatic carbocycles. The van der Waals surface area contributed by atoms with Gasteiger partial charge in [0.25, 0.3) is 5.91 Å². The topological polar surface area (TPSA) is 53.1 Å². The second-order valence-electron chi connectivity index (χ2n) is 11.9. The van der Waals surface area contributed by atoms with Gasteiger partial charge in [-0.25, -0.2) is 0 Å². The molecule has 0 bridgehead atoms. The molecule has 3 fully saturated rings. The number of benzene rings is 3. The zero-order valence-corrected chi connectivity index (χ0v) is 24.4. The lowest BCUT2D eigenvalue weighted by Gasteiger charge is -2.39. The first kappa shape index (κ1) is 27.8. The Hall–Kier alpha value is -3.35. The number of hydrogen-bond donors (Lipinski definition) is 0. The van der Waals surface area contributed by atoms with Gasteiger partial charge in [0.1, 0.15) is 5.75 Å². The number of ether oxygens (including phenoxy) is 1. The highest BCUT2D eigenvalue weighted by Crippen LogP contribution is 2.43. The summed E-state index contributed by atoms with van der Waals surface area (Å²) >= 11 is 6.39. The highest BCUT2D eigenvalue weighted by atomic mass is 35.5. The first-order valence-corrected chi connectivity index (χ1v) is 15.1. The molecular formula is C34H38ClN3O3. The molecule has 2 amide bonds. The van der Waals surface area contributed by atoms with Gasteiger partial charge in [0.2, 0.25) is 5.91 Å². The van der Waals surface area contributed by atoms with E-state index in [1.807, 2.05) is 58.3 Å². The fourth-order valence-electron chi connectivity index (χ4n) is 7.06. The average molecular weight is 572 g/mol. The third kappa shape index (κ3) is 5.73. The molecule has 2 atom stereocenters. The van der Waals surface area contributed by atoms with Gasteiger partial charge in [0.15, 0.2) is 0 Å². The van der Waals surface area contributed by atoms with Gasteiger partial charge in [-0.05, 0) is 73.7 Å². The van der Waals surface area contributed by atoms with Crippen molar-refractivity contribution in [3.63, 3.8) is 0 Å². The maximum atomic E-state index is 13.6. The molecule has 3 heterocycles. The molecule has 1 spiro atoms. The van der Waals surface area contributed by atoms with E-state index in [9.17, 15) is 9.59 Å². The van der Waals surface area contributed by atoms with Crippen LogP contribution in [0.25, 0.3) is 0 Å². The first-order valence-electron chi connectivity index (χ1n) is 14.7. The molecule has 41 heavy (non-hydrogen) atoms. The molecule has 1 unspecified atom stereocenters. The monoisotopic (exact) mass is 571 g/mol. The number of carbonyl (C=O) groups is 2. The third-order valence-corrected chi connectivity index (χ3v) is 9.83. The molecule has 0 N–H and O–H groups in total. The number of halogens is 1. The molecule has 3 aliphatic heterocycles. The van der Waals surface area contributed by atoms with Crippen molar-refractivity contribution >= 4 is 23.4 Å². The number of rotatable bonds is 7. The highest BCUT2D eigenvalue weighted by Gasteiger charge is 2.48. The van der Waals surface area contributed by atoms with Crippen LogP contribution < -0.4 is 4.74 Å². The summed E-state index contributed by atoms with van der Waals surface area (Å²) in [5.41, 5.74) is 2.75. The molecule has 3 saturated heterocycles. The van der Waals surface area contributed by atoms with Crippen molar-refractivity contribution in [3.8, 4) is 5.75 Å². The summed E-state index contributed by atoms with van der Waals surface area (Å²) in [5, 5.41) is 0.501. The van der Waals surface area contributed by atoms with E-state index in [1.165, 1.54) is 5.56 Å². The average Bonchev–Trinajstić information content (AvgIpc) is 3.56. The maximum absolute atomic E-state index is 13.6. The van der Waals surface area contributed by atoms with Gasteiger partial charge in [-0.2, -0.15) is 0 Å². The van der Waals surface area contributed by atoms with Crippen LogP contribution in [0.2, 0.25) is 5.02 Å². The van der Waals surface area contributed by atoms with Crippen LogP contribution in [0.4, 0.5) is 0 Å². The fraction of sp³-hybridized carbons (Fsp3) is 0.412. The number of methoxy groups -OCH3 is 1. The van der Waals surface area contributed by atoms with Crippen LogP contribution >= 0.6 is 11.6 Å². The lowest BCUT2D eigenvalue weighted by molar-refractivity contribution is -0.139. The molecule has 0 radical (unpaired) electrons. The lowest BCUT2D eigenvalue weighted by atomic mass is 9.76. The number of piperidine rings is 1. The summed E-state index contributed by atoms with van der Waals surface area (Å²) in [6, 6.07) is 25.9. The normalized spacial score (nSPS) is 22.4. The van der Waals surface area contributed by atoms with Crippen molar-refractivity contribution in [2.75, 3.05) is 46.4 Å². The van der Waals surface area contributed by atoms with Crippen molar-refractivity contribution in [1.82, 2.24) is 14.7 Å². The minimum Gasteiger partial charge on any atom is -0.497 e. The van der Waals surface area contributed by atoms with Crippen LogP contribution in [0.1, 0.15) is 46.7 Å². The van der Waals surface area contributed by atoms with Crippen LogP contribution in [0, 0.1) is 11.3 Å². The number of likely N-dealkylation sites (tertiary alicyclic amines) is 3. The molecule has 3 aromatic rings. The minimum atomic E-state index is -0.233. The van der Waals surface area contributed by atoms with Crippen molar-refractivity contribution in [3.05, 3.63) is 101 Å². The van der Waals surface area contributed by atoms with Gasteiger partial charge in [0.05, 0.1) is 23.1 Å². The third-order valence-electron chi connectivity index (χ3n) is 9.50. The van der Waals surface area contributed by atoms with Crippen LogP contribution in [0.3, 0.4) is 0 Å². The van der Waals surface area contributed by atoms with Crippen LogP contribution in [-0.2, 0) is 11.3 Å². The number of carbonyl (C=O) groups excluding carboxylic acids is 2. The van der Waals surface area contributed by atoms with E-state index in [0.717, 1.165) is 56.8 Å². The Morgan fingerprint density at radius 1 is 0.902 bits per heavy atom. The molecule has 0 aliphatic carbocycles. The Bertz CT molecular complexity index is 1370. The summed E-state index contributed by atoms with van der Waals surface area (Å²) in [4.78, 5) is 33.6. The van der Waals surface area contributed by atoms with Gasteiger partial charge in [-0.3, -0.25) is 9.59 Å². The minimum absolute atomic E-state index is 0.00475. The van der Waals surface area contributed by atoms with E-state index in [-0.39, 0.29) is 17.2 Å². The number of amides is 2. The Kier molecular flexibility index (Phi) is 8.05. The Morgan fingerprint density at radius 2 is 1.59 bits per heavy atom. The second kappa shape index (κ2) is 11.9. The zero-order valence-electron chi connectivity index (χ0n) is 23.7. The van der Waals surface area contributed by atoms with Crippen molar-refractivity contribution in [2.45, 2.75) is 31.7 Å². The van der Waals surface area contributed by atoms with E-state index >= 15 is 0 Å². The molecule has 0 saturated carbocycles. The Labute approximate surface area is 247 Å². The number of hydrogen-bond acceptors (Lipinski definition) is 4. The summed E-state index contributed by atoms with van der Waals surface area (Å²) < 4.78 is 5.27. The second-order valence-corrected chi connectivity index (χ2v) is 12.3. The molecule has 7 heteroatoms. The van der Waals surface area contributed by atoms with Crippen LogP contribution in [-0.4, -0.2) is 72.9 Å². The molecule has 6 nitrogen and oxygen atoms in total. The molecule has 3 aliphatic rings. The van der Waals surface area contributed by atoms with Crippen LogP contribution in [0.15, 0.2) is 78.9 Å². The first-order chi connectivity index (χ1) is 20.0. The van der Waals surface area contributed by atoms with E-state index < -0.39 is 0 Å². The van der Waals surface area contributed by atoms with Gasteiger partial charge in [-0.1, -0.05) is 66.2 Å². The van der Waals surface area contributed by atoms with E-state index in [0.29, 0.717) is 42.0 Å². The van der Waals surface area contributed by atoms with Crippen molar-refractivity contribution in [1.29, 1.82) is 0 Å². The van der Waals surface area contributed by atoms with Gasteiger partial charge in [-0.15, -0.1) is 0 Å². The molecule has 0 aromatic heterocycles. The summed E-state index contributed by atoms with van der Waals surface area (Å²) in [6.45, 7) is 5.63. The smallest absolute Gasteiger partial charge is 0.255 e. The van der Waals surface area contributed by atoms with Gasteiger partial charge in [0, 0.05) is 38.6 Å². The quantitative estimate of drug-likeness (QED) is 0.364. The highest BCUT2D eigenvalue weighted by molar-refractivity contribution is 6.33. The Balaban J connectivity index is 1.10. The van der Waals surface area contributed by atoms with Crippen molar-refractivity contribution in [2.24, 2.45) is 11.3 Å². The SMILES string of the molecule is COc1ccc(CN2CCC3(CCN(C[C@H]4CN(C(=O)c5ccccc5Cl)CC4c4ccccc4)CC3)C2=O)cc1. The predicted octanol–water partition coefficient (Wildman–Crippen LogP) is 5.72. The summed E-state index contributed by atoms with van der Waals surface area (Å²) in [5.74, 6) is 1.74.